The molecule has 0 aliphatic rings. The largest absolute Gasteiger partial charge is 0.271 e. The second kappa shape index (κ2) is 5.03. The molecule has 0 aliphatic heterocycles. The van der Waals surface area contributed by atoms with Crippen molar-refractivity contribution >= 4 is 0 Å². The Kier molecular flexibility index (Phi) is 3.46. The number of nitrogens with two attached hydrogens (primary N) is 1. The zero-order chi connectivity index (χ0) is 12.3. The van der Waals surface area contributed by atoms with Crippen LogP contribution >= 0.6 is 0 Å². The molecule has 1 unspecified atom stereocenters. The summed E-state index contributed by atoms with van der Waals surface area (Å²) in [7, 11) is 0. The summed E-state index contributed by atoms with van der Waals surface area (Å²) in [4.78, 5) is 8.29. The molecule has 0 radical (unpaired) electrons. The predicted molar refractivity (Wildman–Crippen MR) is 67.1 cm³/mol. The first-order chi connectivity index (χ1) is 8.22. The van der Waals surface area contributed by atoms with Gasteiger partial charge in [0.05, 0.1) is 6.04 Å². The van der Waals surface area contributed by atoms with E-state index >= 15 is 0 Å². The fourth-order valence-corrected chi connectivity index (χ4v) is 1.91. The molecule has 2 rings (SSSR count). The number of hydrazine groups is 1. The lowest BCUT2D eigenvalue weighted by Crippen LogP contribution is -2.29. The second-order valence-electron chi connectivity index (χ2n) is 4.13. The number of rotatable bonds is 3. The SMILES string of the molecule is Cc1cncc(C(NN)c2ccncc2C)c1. The van der Waals surface area contributed by atoms with Gasteiger partial charge in [-0.2, -0.15) is 0 Å². The maximum atomic E-state index is 5.66. The van der Waals surface area contributed by atoms with Crippen LogP contribution in [0.3, 0.4) is 0 Å². The Labute approximate surface area is 101 Å². The van der Waals surface area contributed by atoms with Gasteiger partial charge in [0.15, 0.2) is 0 Å². The molecular weight excluding hydrogens is 212 g/mol. The molecule has 2 aromatic rings. The van der Waals surface area contributed by atoms with Crippen molar-refractivity contribution in [3.63, 3.8) is 0 Å². The van der Waals surface area contributed by atoms with Crippen molar-refractivity contribution in [3.8, 4) is 0 Å². The van der Waals surface area contributed by atoms with Crippen LogP contribution in [0.25, 0.3) is 0 Å². The lowest BCUT2D eigenvalue weighted by atomic mass is 9.97. The molecule has 88 valence electrons. The topological polar surface area (TPSA) is 63.8 Å². The van der Waals surface area contributed by atoms with Gasteiger partial charge in [-0.05, 0) is 42.2 Å². The van der Waals surface area contributed by atoms with Gasteiger partial charge in [-0.3, -0.25) is 15.8 Å². The highest BCUT2D eigenvalue weighted by molar-refractivity contribution is 5.34. The van der Waals surface area contributed by atoms with Crippen molar-refractivity contribution in [2.45, 2.75) is 19.9 Å². The lowest BCUT2D eigenvalue weighted by Gasteiger charge is -2.18. The van der Waals surface area contributed by atoms with Crippen LogP contribution < -0.4 is 11.3 Å². The van der Waals surface area contributed by atoms with Crippen LogP contribution in [0.1, 0.15) is 28.3 Å². The molecule has 0 saturated carbocycles. The highest BCUT2D eigenvalue weighted by Crippen LogP contribution is 2.23. The average molecular weight is 228 g/mol. The third-order valence-corrected chi connectivity index (χ3v) is 2.77. The van der Waals surface area contributed by atoms with Gasteiger partial charge < -0.3 is 0 Å². The molecule has 0 saturated heterocycles. The van der Waals surface area contributed by atoms with E-state index in [0.717, 1.165) is 22.3 Å². The van der Waals surface area contributed by atoms with Gasteiger partial charge in [-0.15, -0.1) is 0 Å². The summed E-state index contributed by atoms with van der Waals surface area (Å²) in [5, 5.41) is 0. The van der Waals surface area contributed by atoms with Crippen molar-refractivity contribution in [3.05, 3.63) is 59.2 Å². The minimum absolute atomic E-state index is 0.0506. The van der Waals surface area contributed by atoms with Crippen LogP contribution in [-0.2, 0) is 0 Å². The summed E-state index contributed by atoms with van der Waals surface area (Å²) < 4.78 is 0. The van der Waals surface area contributed by atoms with E-state index in [9.17, 15) is 0 Å². The number of hydrogen-bond donors (Lipinski definition) is 2. The number of pyridine rings is 2. The van der Waals surface area contributed by atoms with Crippen molar-refractivity contribution in [1.82, 2.24) is 15.4 Å². The summed E-state index contributed by atoms with van der Waals surface area (Å²) in [6.45, 7) is 4.04. The van der Waals surface area contributed by atoms with E-state index in [4.69, 9.17) is 5.84 Å². The number of hydrogen-bond acceptors (Lipinski definition) is 4. The van der Waals surface area contributed by atoms with E-state index < -0.39 is 0 Å². The zero-order valence-corrected chi connectivity index (χ0v) is 10.0. The summed E-state index contributed by atoms with van der Waals surface area (Å²) in [6, 6.07) is 4.00. The van der Waals surface area contributed by atoms with Crippen LogP contribution in [-0.4, -0.2) is 9.97 Å². The van der Waals surface area contributed by atoms with E-state index in [0.29, 0.717) is 0 Å². The first kappa shape index (κ1) is 11.7. The average Bonchev–Trinajstić information content (AvgIpc) is 2.33. The molecular formula is C13H16N4. The normalized spacial score (nSPS) is 12.4. The monoisotopic (exact) mass is 228 g/mol. The fraction of sp³-hybridized carbons (Fsp3) is 0.231. The van der Waals surface area contributed by atoms with E-state index in [2.05, 4.69) is 21.5 Å². The van der Waals surface area contributed by atoms with Crippen LogP contribution in [0.5, 0.6) is 0 Å². The molecule has 4 heteroatoms. The van der Waals surface area contributed by atoms with Gasteiger partial charge in [-0.25, -0.2) is 5.43 Å². The quantitative estimate of drug-likeness (QED) is 0.619. The molecule has 17 heavy (non-hydrogen) atoms. The fourth-order valence-electron chi connectivity index (χ4n) is 1.91. The molecule has 2 aromatic heterocycles. The summed E-state index contributed by atoms with van der Waals surface area (Å²) in [5.74, 6) is 5.66. The Balaban J connectivity index is 2.44. The number of aromatic nitrogens is 2. The Hall–Kier alpha value is -1.78. The Bertz CT molecular complexity index is 510. The van der Waals surface area contributed by atoms with Gasteiger partial charge in [-0.1, -0.05) is 6.07 Å². The molecule has 3 N–H and O–H groups in total. The Morgan fingerprint density at radius 2 is 2.00 bits per heavy atom. The van der Waals surface area contributed by atoms with Crippen LogP contribution in [0.15, 0.2) is 36.9 Å². The molecule has 0 fully saturated rings. The minimum Gasteiger partial charge on any atom is -0.271 e. The van der Waals surface area contributed by atoms with Crippen molar-refractivity contribution < 1.29 is 0 Å². The molecule has 0 aromatic carbocycles. The van der Waals surface area contributed by atoms with E-state index in [1.165, 1.54) is 0 Å². The zero-order valence-electron chi connectivity index (χ0n) is 10.0. The van der Waals surface area contributed by atoms with Gasteiger partial charge in [0.2, 0.25) is 0 Å². The molecule has 4 nitrogen and oxygen atoms in total. The van der Waals surface area contributed by atoms with E-state index in [1.807, 2.05) is 38.5 Å². The molecule has 1 atom stereocenters. The molecule has 0 spiro atoms. The summed E-state index contributed by atoms with van der Waals surface area (Å²) in [6.07, 6.45) is 7.27. The third-order valence-electron chi connectivity index (χ3n) is 2.77. The van der Waals surface area contributed by atoms with Crippen molar-refractivity contribution in [2.75, 3.05) is 0 Å². The molecule has 0 bridgehead atoms. The minimum atomic E-state index is -0.0506. The maximum absolute atomic E-state index is 5.66. The highest BCUT2D eigenvalue weighted by atomic mass is 15.2. The molecule has 0 amide bonds. The van der Waals surface area contributed by atoms with Gasteiger partial charge >= 0.3 is 0 Å². The predicted octanol–water partition coefficient (Wildman–Crippen LogP) is 1.65. The molecule has 0 aliphatic carbocycles. The first-order valence-corrected chi connectivity index (χ1v) is 5.50. The highest BCUT2D eigenvalue weighted by Gasteiger charge is 2.14. The standard InChI is InChI=1S/C13H16N4/c1-9-5-11(8-16-6-9)13(17-14)12-3-4-15-7-10(12)2/h3-8,13,17H,14H2,1-2H3. The number of nitrogens with zero attached hydrogens (tertiary/aromatic N) is 2. The van der Waals surface area contributed by atoms with Crippen LogP contribution in [0.2, 0.25) is 0 Å². The smallest absolute Gasteiger partial charge is 0.0728 e. The van der Waals surface area contributed by atoms with Crippen LogP contribution in [0, 0.1) is 13.8 Å². The van der Waals surface area contributed by atoms with Crippen molar-refractivity contribution in [2.24, 2.45) is 5.84 Å². The van der Waals surface area contributed by atoms with E-state index in [1.54, 1.807) is 6.20 Å². The maximum Gasteiger partial charge on any atom is 0.0728 e. The Morgan fingerprint density at radius 3 is 2.65 bits per heavy atom. The van der Waals surface area contributed by atoms with Gasteiger partial charge in [0.25, 0.3) is 0 Å². The second-order valence-corrected chi connectivity index (χ2v) is 4.13. The molecule has 2 heterocycles. The third kappa shape index (κ3) is 2.49. The number of aryl methyl sites for hydroxylation is 2. The van der Waals surface area contributed by atoms with Gasteiger partial charge in [0.1, 0.15) is 0 Å². The van der Waals surface area contributed by atoms with Crippen molar-refractivity contribution in [1.29, 1.82) is 0 Å². The Morgan fingerprint density at radius 1 is 1.18 bits per heavy atom. The van der Waals surface area contributed by atoms with Crippen LogP contribution in [0.4, 0.5) is 0 Å². The van der Waals surface area contributed by atoms with E-state index in [-0.39, 0.29) is 6.04 Å². The van der Waals surface area contributed by atoms with Gasteiger partial charge in [0, 0.05) is 24.8 Å². The number of nitrogens with one attached hydrogen (secondary N) is 1. The lowest BCUT2D eigenvalue weighted by molar-refractivity contribution is 0.630. The first-order valence-electron chi connectivity index (χ1n) is 5.50. The summed E-state index contributed by atoms with van der Waals surface area (Å²) >= 11 is 0. The summed E-state index contributed by atoms with van der Waals surface area (Å²) in [5.41, 5.74) is 7.24.